The number of aliphatic imine (C=N–C) groups is 1. The number of amides is 1. The van der Waals surface area contributed by atoms with Gasteiger partial charge in [-0.3, -0.25) is 19.8 Å². The average Bonchev–Trinajstić information content (AvgIpc) is 3.16. The molecule has 3 aromatic carbocycles. The summed E-state index contributed by atoms with van der Waals surface area (Å²) in [5.41, 5.74) is 1.60. The Hall–Kier alpha value is -4.46. The fourth-order valence-corrected chi connectivity index (χ4v) is 3.47. The molecule has 0 aliphatic carbocycles. The van der Waals surface area contributed by atoms with Crippen LogP contribution < -0.4 is 14.4 Å². The van der Waals surface area contributed by atoms with E-state index in [9.17, 15) is 14.9 Å². The van der Waals surface area contributed by atoms with Gasteiger partial charge in [-0.15, -0.1) is 0 Å². The number of hydrogen-bond acceptors (Lipinski definition) is 6. The first-order chi connectivity index (χ1) is 16.0. The second-order valence-corrected chi connectivity index (χ2v) is 7.08. The van der Waals surface area contributed by atoms with Gasteiger partial charge >= 0.3 is 0 Å². The molecular formula is C25H21N3O5. The molecule has 0 bridgehead atoms. The van der Waals surface area contributed by atoms with Gasteiger partial charge in [-0.05, 0) is 67.6 Å². The molecule has 0 N–H and O–H groups in total. The minimum Gasteiger partial charge on any atom is -0.497 e. The number of nitro benzene ring substituents is 1. The molecule has 8 nitrogen and oxygen atoms in total. The highest BCUT2D eigenvalue weighted by molar-refractivity contribution is 6.33. The smallest absolute Gasteiger partial charge is 0.282 e. The minimum atomic E-state index is -0.482. The summed E-state index contributed by atoms with van der Waals surface area (Å²) < 4.78 is 10.7. The molecule has 0 saturated heterocycles. The number of nitro groups is 1. The highest BCUT2D eigenvalue weighted by Gasteiger charge is 2.33. The molecule has 4 rings (SSSR count). The van der Waals surface area contributed by atoms with Crippen molar-refractivity contribution in [3.63, 3.8) is 0 Å². The first-order valence-electron chi connectivity index (χ1n) is 10.3. The van der Waals surface area contributed by atoms with Crippen molar-refractivity contribution in [3.05, 3.63) is 99.7 Å². The molecule has 1 aliphatic rings. The zero-order valence-electron chi connectivity index (χ0n) is 18.1. The molecule has 0 radical (unpaired) electrons. The quantitative estimate of drug-likeness (QED) is 0.296. The first kappa shape index (κ1) is 21.8. The fourth-order valence-electron chi connectivity index (χ4n) is 3.47. The van der Waals surface area contributed by atoms with Crippen LogP contribution in [0.3, 0.4) is 0 Å². The van der Waals surface area contributed by atoms with Crippen LogP contribution in [0.5, 0.6) is 11.5 Å². The SMILES string of the molecule is CCOc1ccc(N2C(=O)/C(=C\c3ccccc3[N+](=O)[O-])N=C2c2ccc(OC)cc2)cc1. The molecule has 0 atom stereocenters. The monoisotopic (exact) mass is 443 g/mol. The van der Waals surface area contributed by atoms with E-state index in [1.54, 1.807) is 73.8 Å². The van der Waals surface area contributed by atoms with Crippen molar-refractivity contribution in [1.82, 2.24) is 0 Å². The van der Waals surface area contributed by atoms with Gasteiger partial charge in [0.15, 0.2) is 0 Å². The van der Waals surface area contributed by atoms with Gasteiger partial charge in [-0.1, -0.05) is 12.1 Å². The van der Waals surface area contributed by atoms with Gasteiger partial charge in [0.05, 0.1) is 29.9 Å². The zero-order valence-corrected chi connectivity index (χ0v) is 18.1. The minimum absolute atomic E-state index is 0.0986. The third kappa shape index (κ3) is 4.45. The molecule has 3 aromatic rings. The van der Waals surface area contributed by atoms with Crippen LogP contribution in [0, 0.1) is 10.1 Å². The molecule has 1 amide bonds. The summed E-state index contributed by atoms with van der Waals surface area (Å²) in [7, 11) is 1.57. The van der Waals surface area contributed by atoms with E-state index >= 15 is 0 Å². The lowest BCUT2D eigenvalue weighted by atomic mass is 10.1. The third-order valence-electron chi connectivity index (χ3n) is 5.04. The van der Waals surface area contributed by atoms with Gasteiger partial charge in [0.25, 0.3) is 11.6 Å². The van der Waals surface area contributed by atoms with E-state index in [4.69, 9.17) is 9.47 Å². The summed E-state index contributed by atoms with van der Waals surface area (Å²) in [5, 5.41) is 11.4. The highest BCUT2D eigenvalue weighted by Crippen LogP contribution is 2.31. The van der Waals surface area contributed by atoms with E-state index in [0.717, 1.165) is 0 Å². The predicted molar refractivity (Wildman–Crippen MR) is 126 cm³/mol. The van der Waals surface area contributed by atoms with Crippen molar-refractivity contribution < 1.29 is 19.2 Å². The maximum absolute atomic E-state index is 13.4. The van der Waals surface area contributed by atoms with Crippen molar-refractivity contribution in [2.45, 2.75) is 6.92 Å². The average molecular weight is 443 g/mol. The summed E-state index contributed by atoms with van der Waals surface area (Å²) in [5.74, 6) is 1.39. The molecule has 1 aliphatic heterocycles. The van der Waals surface area contributed by atoms with E-state index in [1.165, 1.54) is 17.0 Å². The number of ether oxygens (including phenoxy) is 2. The number of methoxy groups -OCH3 is 1. The Morgan fingerprint density at radius 1 is 1.00 bits per heavy atom. The molecule has 0 unspecified atom stereocenters. The van der Waals surface area contributed by atoms with Crippen molar-refractivity contribution in [3.8, 4) is 11.5 Å². The standard InChI is InChI=1S/C25H21N3O5/c1-3-33-21-14-10-19(11-15-21)27-24(17-8-12-20(32-2)13-9-17)26-22(25(27)29)16-18-6-4-5-7-23(18)28(30)31/h4-16H,3H2,1-2H3/b22-16+. The van der Waals surface area contributed by atoms with E-state index < -0.39 is 4.92 Å². The van der Waals surface area contributed by atoms with Crippen LogP contribution in [0.25, 0.3) is 6.08 Å². The Morgan fingerprint density at radius 2 is 1.67 bits per heavy atom. The molecular weight excluding hydrogens is 422 g/mol. The van der Waals surface area contributed by atoms with Gasteiger partial charge in [0.1, 0.15) is 23.0 Å². The molecule has 8 heteroatoms. The maximum Gasteiger partial charge on any atom is 0.282 e. The molecule has 33 heavy (non-hydrogen) atoms. The fraction of sp³-hybridized carbons (Fsp3) is 0.120. The van der Waals surface area contributed by atoms with Crippen molar-refractivity contribution in [1.29, 1.82) is 0 Å². The van der Waals surface area contributed by atoms with Crippen LogP contribution in [0.4, 0.5) is 11.4 Å². The topological polar surface area (TPSA) is 94.3 Å². The van der Waals surface area contributed by atoms with Crippen LogP contribution in [-0.4, -0.2) is 30.4 Å². The summed E-state index contributed by atoms with van der Waals surface area (Å²) >= 11 is 0. The second kappa shape index (κ2) is 9.35. The third-order valence-corrected chi connectivity index (χ3v) is 5.04. The zero-order chi connectivity index (χ0) is 23.4. The Balaban J connectivity index is 1.80. The van der Waals surface area contributed by atoms with Crippen LogP contribution in [0.15, 0.2) is 83.5 Å². The highest BCUT2D eigenvalue weighted by atomic mass is 16.6. The van der Waals surface area contributed by atoms with Gasteiger partial charge < -0.3 is 9.47 Å². The number of carbonyl (C=O) groups excluding carboxylic acids is 1. The van der Waals surface area contributed by atoms with Gasteiger partial charge in [-0.25, -0.2) is 4.99 Å². The lowest BCUT2D eigenvalue weighted by Crippen LogP contribution is -2.32. The van der Waals surface area contributed by atoms with Crippen LogP contribution in [0.2, 0.25) is 0 Å². The first-order valence-corrected chi connectivity index (χ1v) is 10.3. The molecule has 0 aromatic heterocycles. The van der Waals surface area contributed by atoms with Crippen molar-refractivity contribution in [2.75, 3.05) is 18.6 Å². The van der Waals surface area contributed by atoms with E-state index in [0.29, 0.717) is 40.8 Å². The number of hydrogen-bond donors (Lipinski definition) is 0. The second-order valence-electron chi connectivity index (χ2n) is 7.08. The number of nitrogens with zero attached hydrogens (tertiary/aromatic N) is 3. The summed E-state index contributed by atoms with van der Waals surface area (Å²) in [4.78, 5) is 30.4. The number of anilines is 1. The van der Waals surface area contributed by atoms with Crippen molar-refractivity contribution in [2.24, 2.45) is 4.99 Å². The summed E-state index contributed by atoms with van der Waals surface area (Å²) in [6.45, 7) is 2.43. The molecule has 1 heterocycles. The van der Waals surface area contributed by atoms with Crippen LogP contribution >= 0.6 is 0 Å². The Labute approximate surface area is 190 Å². The number of benzene rings is 3. The summed E-state index contributed by atoms with van der Waals surface area (Å²) in [6, 6.07) is 20.5. The van der Waals surface area contributed by atoms with E-state index in [2.05, 4.69) is 4.99 Å². The number of para-hydroxylation sites is 1. The number of amidine groups is 1. The Kier molecular flexibility index (Phi) is 6.17. The lowest BCUT2D eigenvalue weighted by Gasteiger charge is -2.19. The van der Waals surface area contributed by atoms with Gasteiger partial charge in [0.2, 0.25) is 0 Å². The lowest BCUT2D eigenvalue weighted by molar-refractivity contribution is -0.385. The number of carbonyl (C=O) groups is 1. The van der Waals surface area contributed by atoms with Crippen molar-refractivity contribution >= 4 is 29.2 Å². The molecule has 0 spiro atoms. The molecule has 0 fully saturated rings. The number of rotatable bonds is 7. The van der Waals surface area contributed by atoms with Gasteiger partial charge in [0, 0.05) is 11.6 Å². The van der Waals surface area contributed by atoms with Crippen LogP contribution in [-0.2, 0) is 4.79 Å². The maximum atomic E-state index is 13.4. The van der Waals surface area contributed by atoms with E-state index in [-0.39, 0.29) is 17.3 Å². The molecule has 166 valence electrons. The Morgan fingerprint density at radius 3 is 2.30 bits per heavy atom. The normalized spacial score (nSPS) is 14.4. The summed E-state index contributed by atoms with van der Waals surface area (Å²) in [6.07, 6.45) is 1.44. The Bertz CT molecular complexity index is 1250. The largest absolute Gasteiger partial charge is 0.497 e. The molecule has 0 saturated carbocycles. The van der Waals surface area contributed by atoms with E-state index in [1.807, 2.05) is 6.92 Å². The van der Waals surface area contributed by atoms with Crippen LogP contribution in [0.1, 0.15) is 18.1 Å². The predicted octanol–water partition coefficient (Wildman–Crippen LogP) is 4.84. The van der Waals surface area contributed by atoms with Gasteiger partial charge in [-0.2, -0.15) is 0 Å².